The van der Waals surface area contributed by atoms with Gasteiger partial charge in [0.15, 0.2) is 0 Å². The van der Waals surface area contributed by atoms with Crippen LogP contribution in [0.5, 0.6) is 0 Å². The number of esters is 1. The average Bonchev–Trinajstić information content (AvgIpc) is 2.13. The second-order valence-corrected chi connectivity index (χ2v) is 3.50. The van der Waals surface area contributed by atoms with Crippen molar-refractivity contribution in [1.82, 2.24) is 5.32 Å². The van der Waals surface area contributed by atoms with Gasteiger partial charge >= 0.3 is 5.97 Å². The SMILES string of the molecule is CCC(C)(C)C(=O)NCC(=O)OC. The molecule has 0 unspecified atom stereocenters. The van der Waals surface area contributed by atoms with E-state index in [1.54, 1.807) is 0 Å². The average molecular weight is 187 g/mol. The van der Waals surface area contributed by atoms with Crippen LogP contribution in [-0.4, -0.2) is 25.5 Å². The van der Waals surface area contributed by atoms with Crippen molar-refractivity contribution in [3.05, 3.63) is 0 Å². The Kier molecular flexibility index (Phi) is 4.45. The largest absolute Gasteiger partial charge is 0.468 e. The van der Waals surface area contributed by atoms with Gasteiger partial charge in [0.1, 0.15) is 6.54 Å². The van der Waals surface area contributed by atoms with Gasteiger partial charge in [-0.05, 0) is 6.42 Å². The van der Waals surface area contributed by atoms with Crippen LogP contribution in [0.4, 0.5) is 0 Å². The van der Waals surface area contributed by atoms with Crippen LogP contribution < -0.4 is 5.32 Å². The Labute approximate surface area is 78.6 Å². The summed E-state index contributed by atoms with van der Waals surface area (Å²) in [6, 6.07) is 0. The summed E-state index contributed by atoms with van der Waals surface area (Å²) in [6.07, 6.45) is 0.736. The standard InChI is InChI=1S/C9H17NO3/c1-5-9(2,3)8(12)10-6-7(11)13-4/h5-6H2,1-4H3,(H,10,12). The Balaban J connectivity index is 3.95. The quantitative estimate of drug-likeness (QED) is 0.659. The zero-order chi connectivity index (χ0) is 10.5. The van der Waals surface area contributed by atoms with Gasteiger partial charge in [-0.3, -0.25) is 9.59 Å². The molecule has 0 spiro atoms. The molecule has 4 heteroatoms. The highest BCUT2D eigenvalue weighted by Gasteiger charge is 2.25. The first-order valence-corrected chi connectivity index (χ1v) is 4.29. The van der Waals surface area contributed by atoms with E-state index in [1.165, 1.54) is 7.11 Å². The van der Waals surface area contributed by atoms with E-state index in [4.69, 9.17) is 0 Å². The number of amides is 1. The van der Waals surface area contributed by atoms with Gasteiger partial charge < -0.3 is 10.1 Å². The molecule has 0 aromatic carbocycles. The molecule has 0 saturated heterocycles. The molecule has 0 atom stereocenters. The van der Waals surface area contributed by atoms with Gasteiger partial charge in [0.25, 0.3) is 0 Å². The first-order chi connectivity index (χ1) is 5.94. The van der Waals surface area contributed by atoms with Crippen molar-refractivity contribution in [3.8, 4) is 0 Å². The van der Waals surface area contributed by atoms with Crippen molar-refractivity contribution in [2.45, 2.75) is 27.2 Å². The number of nitrogens with one attached hydrogen (secondary N) is 1. The van der Waals surface area contributed by atoms with E-state index >= 15 is 0 Å². The van der Waals surface area contributed by atoms with Crippen LogP contribution in [-0.2, 0) is 14.3 Å². The van der Waals surface area contributed by atoms with Crippen molar-refractivity contribution in [1.29, 1.82) is 0 Å². The molecule has 13 heavy (non-hydrogen) atoms. The van der Waals surface area contributed by atoms with Crippen molar-refractivity contribution < 1.29 is 14.3 Å². The lowest BCUT2D eigenvalue weighted by Gasteiger charge is -2.20. The molecule has 0 rings (SSSR count). The van der Waals surface area contributed by atoms with Gasteiger partial charge in [-0.1, -0.05) is 20.8 Å². The molecule has 0 fully saturated rings. The van der Waals surface area contributed by atoms with Gasteiger partial charge in [0, 0.05) is 5.41 Å². The minimum atomic E-state index is -0.430. The van der Waals surface area contributed by atoms with E-state index in [-0.39, 0.29) is 12.5 Å². The molecule has 0 bridgehead atoms. The maximum absolute atomic E-state index is 11.4. The third kappa shape index (κ3) is 3.92. The molecule has 0 radical (unpaired) electrons. The molecule has 0 aliphatic rings. The fraction of sp³-hybridized carbons (Fsp3) is 0.778. The summed E-state index contributed by atoms with van der Waals surface area (Å²) in [5.74, 6) is -0.555. The minimum absolute atomic E-state index is 0.0568. The summed E-state index contributed by atoms with van der Waals surface area (Å²) in [4.78, 5) is 22.1. The topological polar surface area (TPSA) is 55.4 Å². The maximum atomic E-state index is 11.4. The van der Waals surface area contributed by atoms with E-state index in [2.05, 4.69) is 10.1 Å². The van der Waals surface area contributed by atoms with Crippen molar-refractivity contribution in [3.63, 3.8) is 0 Å². The van der Waals surface area contributed by atoms with E-state index < -0.39 is 11.4 Å². The normalized spacial score (nSPS) is 10.8. The third-order valence-electron chi connectivity index (χ3n) is 2.12. The monoisotopic (exact) mass is 187 g/mol. The Morgan fingerprint density at radius 1 is 1.38 bits per heavy atom. The molecular formula is C9H17NO3. The summed E-state index contributed by atoms with van der Waals surface area (Å²) in [5, 5.41) is 2.51. The smallest absolute Gasteiger partial charge is 0.325 e. The Morgan fingerprint density at radius 2 is 1.92 bits per heavy atom. The van der Waals surface area contributed by atoms with Crippen molar-refractivity contribution >= 4 is 11.9 Å². The third-order valence-corrected chi connectivity index (χ3v) is 2.12. The summed E-state index contributed by atoms with van der Waals surface area (Å²) >= 11 is 0. The molecule has 1 N–H and O–H groups in total. The highest BCUT2D eigenvalue weighted by molar-refractivity contribution is 5.85. The first kappa shape index (κ1) is 11.9. The number of hydrogen-bond acceptors (Lipinski definition) is 3. The zero-order valence-corrected chi connectivity index (χ0v) is 8.64. The van der Waals surface area contributed by atoms with Crippen molar-refractivity contribution in [2.24, 2.45) is 5.41 Å². The fourth-order valence-electron chi connectivity index (χ4n) is 0.624. The van der Waals surface area contributed by atoms with Crippen LogP contribution in [0.3, 0.4) is 0 Å². The molecule has 4 nitrogen and oxygen atoms in total. The Morgan fingerprint density at radius 3 is 2.31 bits per heavy atom. The summed E-state index contributed by atoms with van der Waals surface area (Å²) in [6.45, 7) is 5.54. The molecular weight excluding hydrogens is 170 g/mol. The molecule has 0 aromatic heterocycles. The highest BCUT2D eigenvalue weighted by Crippen LogP contribution is 2.18. The molecule has 76 valence electrons. The van der Waals surface area contributed by atoms with Gasteiger partial charge in [0.05, 0.1) is 7.11 Å². The Bertz CT molecular complexity index is 199. The second-order valence-electron chi connectivity index (χ2n) is 3.50. The molecule has 0 heterocycles. The number of ether oxygens (including phenoxy) is 1. The van der Waals surface area contributed by atoms with E-state index in [0.717, 1.165) is 6.42 Å². The van der Waals surface area contributed by atoms with E-state index in [9.17, 15) is 9.59 Å². The van der Waals surface area contributed by atoms with Crippen LogP contribution in [0, 0.1) is 5.41 Å². The number of methoxy groups -OCH3 is 1. The number of rotatable bonds is 4. The lowest BCUT2D eigenvalue weighted by Crippen LogP contribution is -2.39. The zero-order valence-electron chi connectivity index (χ0n) is 8.64. The van der Waals surface area contributed by atoms with Crippen LogP contribution in [0.15, 0.2) is 0 Å². The van der Waals surface area contributed by atoms with E-state index in [1.807, 2.05) is 20.8 Å². The van der Waals surface area contributed by atoms with Gasteiger partial charge in [-0.2, -0.15) is 0 Å². The Hall–Kier alpha value is -1.06. The summed E-state index contributed by atoms with van der Waals surface area (Å²) < 4.78 is 4.39. The minimum Gasteiger partial charge on any atom is -0.468 e. The van der Waals surface area contributed by atoms with Crippen LogP contribution >= 0.6 is 0 Å². The van der Waals surface area contributed by atoms with Gasteiger partial charge in [-0.25, -0.2) is 0 Å². The van der Waals surface area contributed by atoms with Crippen LogP contribution in [0.2, 0.25) is 0 Å². The molecule has 0 aliphatic heterocycles. The highest BCUT2D eigenvalue weighted by atomic mass is 16.5. The number of carbonyl (C=O) groups excluding carboxylic acids is 2. The summed E-state index contributed by atoms with van der Waals surface area (Å²) in [5.41, 5.74) is -0.423. The predicted molar refractivity (Wildman–Crippen MR) is 49.1 cm³/mol. The molecule has 0 aromatic rings. The van der Waals surface area contributed by atoms with Gasteiger partial charge in [0.2, 0.25) is 5.91 Å². The van der Waals surface area contributed by atoms with Gasteiger partial charge in [-0.15, -0.1) is 0 Å². The number of hydrogen-bond donors (Lipinski definition) is 1. The number of carbonyl (C=O) groups is 2. The molecule has 1 amide bonds. The summed E-state index contributed by atoms with van der Waals surface area (Å²) in [7, 11) is 1.29. The lowest BCUT2D eigenvalue weighted by molar-refractivity contribution is -0.142. The van der Waals surface area contributed by atoms with Crippen molar-refractivity contribution in [2.75, 3.05) is 13.7 Å². The second kappa shape index (κ2) is 4.84. The van der Waals surface area contributed by atoms with Crippen LogP contribution in [0.25, 0.3) is 0 Å². The van der Waals surface area contributed by atoms with Crippen LogP contribution in [0.1, 0.15) is 27.2 Å². The molecule has 0 aliphatic carbocycles. The fourth-order valence-corrected chi connectivity index (χ4v) is 0.624. The predicted octanol–water partition coefficient (Wildman–Crippen LogP) is 0.712. The first-order valence-electron chi connectivity index (χ1n) is 4.29. The molecule has 0 saturated carbocycles. The maximum Gasteiger partial charge on any atom is 0.325 e. The lowest BCUT2D eigenvalue weighted by atomic mass is 9.89. The van der Waals surface area contributed by atoms with E-state index in [0.29, 0.717) is 0 Å².